The first-order valence-electron chi connectivity index (χ1n) is 5.58. The lowest BCUT2D eigenvalue weighted by atomic mass is 10.1. The van der Waals surface area contributed by atoms with Crippen LogP contribution in [0.5, 0.6) is 0 Å². The summed E-state index contributed by atoms with van der Waals surface area (Å²) in [4.78, 5) is 0. The topological polar surface area (TPSA) is 24.1 Å². The Morgan fingerprint density at radius 1 is 1.40 bits per heavy atom. The van der Waals surface area contributed by atoms with E-state index < -0.39 is 0 Å². The van der Waals surface area contributed by atoms with E-state index in [0.717, 1.165) is 19.5 Å². The van der Waals surface area contributed by atoms with Crippen molar-refractivity contribution in [2.75, 3.05) is 18.4 Å². The Labute approximate surface area is 89.9 Å². The molecule has 1 fully saturated rings. The van der Waals surface area contributed by atoms with Crippen molar-refractivity contribution in [3.63, 3.8) is 0 Å². The summed E-state index contributed by atoms with van der Waals surface area (Å²) in [5.74, 6) is -0.170. The molecule has 0 saturated carbocycles. The van der Waals surface area contributed by atoms with E-state index in [0.29, 0.717) is 11.7 Å². The number of halogens is 1. The van der Waals surface area contributed by atoms with Crippen LogP contribution in [0.4, 0.5) is 10.1 Å². The van der Waals surface area contributed by atoms with Gasteiger partial charge in [-0.3, -0.25) is 0 Å². The molecule has 0 aromatic heterocycles. The minimum atomic E-state index is -0.170. The summed E-state index contributed by atoms with van der Waals surface area (Å²) in [6, 6.07) is 7.43. The first-order chi connectivity index (χ1) is 7.36. The standard InChI is InChI=1S/C12H17FN2/c13-11-5-1-2-6-12(11)15-9-7-10-4-3-8-14-10/h1-2,5-6,10,14-15H,3-4,7-9H2. The molecule has 0 spiro atoms. The summed E-state index contributed by atoms with van der Waals surface area (Å²) in [7, 11) is 0. The zero-order chi connectivity index (χ0) is 10.5. The van der Waals surface area contributed by atoms with Crippen LogP contribution < -0.4 is 10.6 Å². The van der Waals surface area contributed by atoms with E-state index in [4.69, 9.17) is 0 Å². The van der Waals surface area contributed by atoms with Crippen LogP contribution in [-0.4, -0.2) is 19.1 Å². The predicted octanol–water partition coefficient (Wildman–Crippen LogP) is 2.38. The van der Waals surface area contributed by atoms with Crippen LogP contribution in [0.15, 0.2) is 24.3 Å². The lowest BCUT2D eigenvalue weighted by Gasteiger charge is -2.11. The Morgan fingerprint density at radius 3 is 3.00 bits per heavy atom. The molecular formula is C12H17FN2. The van der Waals surface area contributed by atoms with Crippen LogP contribution in [0.25, 0.3) is 0 Å². The van der Waals surface area contributed by atoms with Crippen molar-refractivity contribution in [1.82, 2.24) is 5.32 Å². The molecule has 2 N–H and O–H groups in total. The maximum atomic E-state index is 13.2. The van der Waals surface area contributed by atoms with E-state index in [-0.39, 0.29) is 5.82 Å². The summed E-state index contributed by atoms with van der Waals surface area (Å²) in [5, 5.41) is 6.55. The van der Waals surface area contributed by atoms with Crippen molar-refractivity contribution in [1.29, 1.82) is 0 Å². The third-order valence-corrected chi connectivity index (χ3v) is 2.84. The van der Waals surface area contributed by atoms with Crippen molar-refractivity contribution in [2.45, 2.75) is 25.3 Å². The minimum absolute atomic E-state index is 0.170. The number of rotatable bonds is 4. The van der Waals surface area contributed by atoms with Gasteiger partial charge in [-0.25, -0.2) is 4.39 Å². The highest BCUT2D eigenvalue weighted by molar-refractivity contribution is 5.44. The van der Waals surface area contributed by atoms with Gasteiger partial charge in [-0.2, -0.15) is 0 Å². The molecule has 3 heteroatoms. The van der Waals surface area contributed by atoms with Gasteiger partial charge in [0.05, 0.1) is 5.69 Å². The van der Waals surface area contributed by atoms with Crippen LogP contribution in [-0.2, 0) is 0 Å². The number of benzene rings is 1. The molecule has 0 bridgehead atoms. The molecule has 1 aliphatic rings. The third-order valence-electron chi connectivity index (χ3n) is 2.84. The van der Waals surface area contributed by atoms with Crippen molar-refractivity contribution >= 4 is 5.69 Å². The number of hydrogen-bond acceptors (Lipinski definition) is 2. The zero-order valence-corrected chi connectivity index (χ0v) is 8.80. The van der Waals surface area contributed by atoms with E-state index >= 15 is 0 Å². The van der Waals surface area contributed by atoms with Crippen LogP contribution in [0.1, 0.15) is 19.3 Å². The maximum absolute atomic E-state index is 13.2. The van der Waals surface area contributed by atoms with Gasteiger partial charge in [0.1, 0.15) is 5.82 Å². The quantitative estimate of drug-likeness (QED) is 0.793. The summed E-state index contributed by atoms with van der Waals surface area (Å²) >= 11 is 0. The highest BCUT2D eigenvalue weighted by Gasteiger charge is 2.12. The Hall–Kier alpha value is -1.09. The largest absolute Gasteiger partial charge is 0.383 e. The van der Waals surface area contributed by atoms with Gasteiger partial charge in [0.15, 0.2) is 0 Å². The molecule has 1 heterocycles. The molecule has 0 amide bonds. The lowest BCUT2D eigenvalue weighted by Crippen LogP contribution is -2.24. The molecule has 2 rings (SSSR count). The van der Waals surface area contributed by atoms with Gasteiger partial charge in [0.2, 0.25) is 0 Å². The second-order valence-corrected chi connectivity index (χ2v) is 3.99. The molecule has 1 aromatic rings. The van der Waals surface area contributed by atoms with Crippen LogP contribution >= 0.6 is 0 Å². The number of anilines is 1. The van der Waals surface area contributed by atoms with E-state index in [1.54, 1.807) is 12.1 Å². The first kappa shape index (κ1) is 10.4. The van der Waals surface area contributed by atoms with E-state index in [1.807, 2.05) is 6.07 Å². The highest BCUT2D eigenvalue weighted by atomic mass is 19.1. The molecule has 82 valence electrons. The maximum Gasteiger partial charge on any atom is 0.146 e. The summed E-state index contributed by atoms with van der Waals surface area (Å²) in [6.45, 7) is 1.96. The van der Waals surface area contributed by atoms with Crippen LogP contribution in [0.2, 0.25) is 0 Å². The molecular weight excluding hydrogens is 191 g/mol. The molecule has 1 unspecified atom stereocenters. The molecule has 1 atom stereocenters. The molecule has 1 aromatic carbocycles. The zero-order valence-electron chi connectivity index (χ0n) is 8.80. The van der Waals surface area contributed by atoms with E-state index in [1.165, 1.54) is 18.9 Å². The van der Waals surface area contributed by atoms with Gasteiger partial charge in [0, 0.05) is 12.6 Å². The fourth-order valence-corrected chi connectivity index (χ4v) is 1.99. The Bertz CT molecular complexity index is 308. The highest BCUT2D eigenvalue weighted by Crippen LogP contribution is 2.13. The predicted molar refractivity (Wildman–Crippen MR) is 60.5 cm³/mol. The first-order valence-corrected chi connectivity index (χ1v) is 5.58. The molecule has 1 aliphatic heterocycles. The second kappa shape index (κ2) is 5.12. The van der Waals surface area contributed by atoms with E-state index in [2.05, 4.69) is 10.6 Å². The minimum Gasteiger partial charge on any atom is -0.383 e. The number of nitrogens with one attached hydrogen (secondary N) is 2. The van der Waals surface area contributed by atoms with Crippen molar-refractivity contribution in [3.8, 4) is 0 Å². The lowest BCUT2D eigenvalue weighted by molar-refractivity contribution is 0.572. The average molecular weight is 208 g/mol. The van der Waals surface area contributed by atoms with Crippen molar-refractivity contribution in [2.24, 2.45) is 0 Å². The molecule has 0 radical (unpaired) electrons. The van der Waals surface area contributed by atoms with Gasteiger partial charge < -0.3 is 10.6 Å². The normalized spacial score (nSPS) is 20.5. The van der Waals surface area contributed by atoms with Gasteiger partial charge in [-0.05, 0) is 37.9 Å². The Kier molecular flexibility index (Phi) is 3.56. The van der Waals surface area contributed by atoms with E-state index in [9.17, 15) is 4.39 Å². The molecule has 15 heavy (non-hydrogen) atoms. The van der Waals surface area contributed by atoms with Gasteiger partial charge in [0.25, 0.3) is 0 Å². The molecule has 0 aliphatic carbocycles. The molecule has 2 nitrogen and oxygen atoms in total. The van der Waals surface area contributed by atoms with Gasteiger partial charge in [-0.15, -0.1) is 0 Å². The Balaban J connectivity index is 1.75. The SMILES string of the molecule is Fc1ccccc1NCCC1CCCN1. The average Bonchev–Trinajstić information content (AvgIpc) is 2.74. The number of para-hydroxylation sites is 1. The van der Waals surface area contributed by atoms with Gasteiger partial charge >= 0.3 is 0 Å². The van der Waals surface area contributed by atoms with Gasteiger partial charge in [-0.1, -0.05) is 12.1 Å². The van der Waals surface area contributed by atoms with Crippen molar-refractivity contribution < 1.29 is 4.39 Å². The smallest absolute Gasteiger partial charge is 0.146 e. The van der Waals surface area contributed by atoms with Crippen LogP contribution in [0.3, 0.4) is 0 Å². The molecule has 1 saturated heterocycles. The van der Waals surface area contributed by atoms with Crippen molar-refractivity contribution in [3.05, 3.63) is 30.1 Å². The summed E-state index contributed by atoms with van der Waals surface area (Å²) < 4.78 is 13.2. The summed E-state index contributed by atoms with van der Waals surface area (Å²) in [5.41, 5.74) is 0.607. The fourth-order valence-electron chi connectivity index (χ4n) is 1.99. The second-order valence-electron chi connectivity index (χ2n) is 3.99. The fraction of sp³-hybridized carbons (Fsp3) is 0.500. The third kappa shape index (κ3) is 2.93. The van der Waals surface area contributed by atoms with Crippen LogP contribution in [0, 0.1) is 5.82 Å². The number of hydrogen-bond donors (Lipinski definition) is 2. The summed E-state index contributed by atoms with van der Waals surface area (Å²) in [6.07, 6.45) is 3.58. The Morgan fingerprint density at radius 2 is 2.27 bits per heavy atom. The monoisotopic (exact) mass is 208 g/mol.